The zero-order valence-corrected chi connectivity index (χ0v) is 10.7. The van der Waals surface area contributed by atoms with E-state index >= 15 is 0 Å². The summed E-state index contributed by atoms with van der Waals surface area (Å²) >= 11 is 0. The number of aliphatic carboxylic acids is 1. The molecule has 1 aromatic rings. The summed E-state index contributed by atoms with van der Waals surface area (Å²) in [7, 11) is 0. The highest BCUT2D eigenvalue weighted by molar-refractivity contribution is 6.08. The number of rotatable bonds is 6. The summed E-state index contributed by atoms with van der Waals surface area (Å²) in [6.07, 6.45) is 0.199. The van der Waals surface area contributed by atoms with E-state index in [1.165, 1.54) is 0 Å². The topological polar surface area (TPSA) is 80.4 Å². The Morgan fingerprint density at radius 2 is 1.83 bits per heavy atom. The molecule has 0 aliphatic rings. The van der Waals surface area contributed by atoms with E-state index in [0.29, 0.717) is 0 Å². The Morgan fingerprint density at radius 3 is 2.28 bits per heavy atom. The van der Waals surface area contributed by atoms with Gasteiger partial charge in [-0.2, -0.15) is 0 Å². The maximum Gasteiger partial charge on any atom is 0.331 e. The predicted molar refractivity (Wildman–Crippen MR) is 69.2 cm³/mol. The summed E-state index contributed by atoms with van der Waals surface area (Å²) in [6.45, 7) is 3.70. The summed E-state index contributed by atoms with van der Waals surface area (Å²) in [4.78, 5) is 23.3. The maximum atomic E-state index is 12.1. The third-order valence-electron chi connectivity index (χ3n) is 2.82. The van der Waals surface area contributed by atoms with E-state index in [0.717, 1.165) is 5.56 Å². The van der Waals surface area contributed by atoms with Crippen molar-refractivity contribution in [3.05, 3.63) is 35.9 Å². The molecule has 4 heteroatoms. The normalized spacial score (nSPS) is 14.2. The van der Waals surface area contributed by atoms with E-state index in [4.69, 9.17) is 5.73 Å². The van der Waals surface area contributed by atoms with Crippen LogP contribution in [0, 0.1) is 5.92 Å². The molecule has 0 aliphatic heterocycles. The first-order valence-corrected chi connectivity index (χ1v) is 5.95. The van der Waals surface area contributed by atoms with Gasteiger partial charge in [0.25, 0.3) is 0 Å². The molecule has 1 atom stereocenters. The fraction of sp³-hybridized carbons (Fsp3) is 0.429. The highest BCUT2D eigenvalue weighted by Crippen LogP contribution is 2.18. The number of nitrogens with two attached hydrogens (primary N) is 1. The first-order valence-electron chi connectivity index (χ1n) is 5.95. The van der Waals surface area contributed by atoms with Gasteiger partial charge >= 0.3 is 5.97 Å². The quantitative estimate of drug-likeness (QED) is 0.751. The van der Waals surface area contributed by atoms with Crippen LogP contribution in [0.4, 0.5) is 0 Å². The average Bonchev–Trinajstić information content (AvgIpc) is 2.29. The van der Waals surface area contributed by atoms with Crippen molar-refractivity contribution in [2.75, 3.05) is 0 Å². The number of Topliss-reactive ketones (excluding diaryl/α,β-unsaturated/α-hetero) is 1. The van der Waals surface area contributed by atoms with E-state index in [-0.39, 0.29) is 18.8 Å². The molecule has 0 amide bonds. The van der Waals surface area contributed by atoms with Gasteiger partial charge in [0.1, 0.15) is 0 Å². The summed E-state index contributed by atoms with van der Waals surface area (Å²) in [5.74, 6) is -1.65. The van der Waals surface area contributed by atoms with Gasteiger partial charge in [0, 0.05) is 6.42 Å². The molecule has 3 N–H and O–H groups in total. The summed E-state index contributed by atoms with van der Waals surface area (Å²) in [5, 5.41) is 9.18. The lowest BCUT2D eigenvalue weighted by atomic mass is 9.83. The fourth-order valence-electron chi connectivity index (χ4n) is 1.90. The van der Waals surface area contributed by atoms with Crippen molar-refractivity contribution >= 4 is 11.8 Å². The SMILES string of the molecule is CC(C)C[C@](N)(C(=O)O)C(=O)Cc1ccccc1. The van der Waals surface area contributed by atoms with Gasteiger partial charge in [-0.05, 0) is 17.9 Å². The van der Waals surface area contributed by atoms with Crippen molar-refractivity contribution in [2.24, 2.45) is 11.7 Å². The number of ketones is 1. The molecule has 1 aromatic carbocycles. The Kier molecular flexibility index (Phi) is 4.62. The number of carbonyl (C=O) groups excluding carboxylic acids is 1. The summed E-state index contributed by atoms with van der Waals surface area (Å²) in [5.41, 5.74) is 4.78. The van der Waals surface area contributed by atoms with Crippen LogP contribution >= 0.6 is 0 Å². The molecule has 18 heavy (non-hydrogen) atoms. The average molecular weight is 249 g/mol. The van der Waals surface area contributed by atoms with Crippen LogP contribution in [0.25, 0.3) is 0 Å². The zero-order chi connectivity index (χ0) is 13.8. The van der Waals surface area contributed by atoms with E-state index < -0.39 is 17.3 Å². The van der Waals surface area contributed by atoms with E-state index in [2.05, 4.69) is 0 Å². The van der Waals surface area contributed by atoms with Crippen molar-refractivity contribution in [1.29, 1.82) is 0 Å². The van der Waals surface area contributed by atoms with Crippen LogP contribution in [0.2, 0.25) is 0 Å². The molecule has 0 bridgehead atoms. The summed E-state index contributed by atoms with van der Waals surface area (Å²) in [6, 6.07) is 9.04. The molecule has 0 aliphatic carbocycles. The Balaban J connectivity index is 2.87. The molecular weight excluding hydrogens is 230 g/mol. The second-order valence-corrected chi connectivity index (χ2v) is 4.96. The molecular formula is C14H19NO3. The molecule has 0 spiro atoms. The lowest BCUT2D eigenvalue weighted by molar-refractivity contribution is -0.148. The molecule has 0 heterocycles. The van der Waals surface area contributed by atoms with Crippen molar-refractivity contribution in [1.82, 2.24) is 0 Å². The van der Waals surface area contributed by atoms with Crippen LogP contribution in [-0.4, -0.2) is 22.4 Å². The Hall–Kier alpha value is -1.68. The minimum absolute atomic E-state index is 0.0471. The monoisotopic (exact) mass is 249 g/mol. The zero-order valence-electron chi connectivity index (χ0n) is 10.7. The summed E-state index contributed by atoms with van der Waals surface area (Å²) < 4.78 is 0. The number of hydrogen-bond acceptors (Lipinski definition) is 3. The first-order chi connectivity index (χ1) is 8.36. The van der Waals surface area contributed by atoms with Crippen LogP contribution in [0.1, 0.15) is 25.8 Å². The first kappa shape index (κ1) is 14.4. The minimum Gasteiger partial charge on any atom is -0.480 e. The van der Waals surface area contributed by atoms with Crippen molar-refractivity contribution < 1.29 is 14.7 Å². The van der Waals surface area contributed by atoms with Crippen LogP contribution < -0.4 is 5.73 Å². The maximum absolute atomic E-state index is 12.1. The molecule has 0 saturated heterocycles. The van der Waals surface area contributed by atoms with E-state index in [1.54, 1.807) is 12.1 Å². The lowest BCUT2D eigenvalue weighted by Crippen LogP contribution is -2.56. The largest absolute Gasteiger partial charge is 0.480 e. The highest BCUT2D eigenvalue weighted by atomic mass is 16.4. The number of benzene rings is 1. The van der Waals surface area contributed by atoms with Crippen molar-refractivity contribution in [3.8, 4) is 0 Å². The molecule has 0 unspecified atom stereocenters. The van der Waals surface area contributed by atoms with Gasteiger partial charge in [-0.15, -0.1) is 0 Å². The molecule has 1 rings (SSSR count). The fourth-order valence-corrected chi connectivity index (χ4v) is 1.90. The number of carbonyl (C=O) groups is 2. The van der Waals surface area contributed by atoms with Crippen LogP contribution in [-0.2, 0) is 16.0 Å². The van der Waals surface area contributed by atoms with Gasteiger partial charge in [0.05, 0.1) is 0 Å². The Bertz CT molecular complexity index is 428. The van der Waals surface area contributed by atoms with Crippen molar-refractivity contribution in [3.63, 3.8) is 0 Å². The highest BCUT2D eigenvalue weighted by Gasteiger charge is 2.41. The Labute approximate surface area is 107 Å². The number of hydrogen-bond donors (Lipinski definition) is 2. The van der Waals surface area contributed by atoms with Crippen LogP contribution in [0.3, 0.4) is 0 Å². The third kappa shape index (κ3) is 3.40. The van der Waals surface area contributed by atoms with Gasteiger partial charge in [-0.3, -0.25) is 4.79 Å². The van der Waals surface area contributed by atoms with E-state index in [9.17, 15) is 14.7 Å². The van der Waals surface area contributed by atoms with Gasteiger partial charge in [0.15, 0.2) is 11.3 Å². The van der Waals surface area contributed by atoms with Gasteiger partial charge in [-0.1, -0.05) is 44.2 Å². The van der Waals surface area contributed by atoms with E-state index in [1.807, 2.05) is 32.0 Å². The van der Waals surface area contributed by atoms with Gasteiger partial charge in [-0.25, -0.2) is 4.79 Å². The lowest BCUT2D eigenvalue weighted by Gasteiger charge is -2.25. The molecule has 0 aromatic heterocycles. The number of carboxylic acid groups (broad SMARTS) is 1. The minimum atomic E-state index is -1.79. The standard InChI is InChI=1S/C14H19NO3/c1-10(2)9-14(15,13(17)18)12(16)8-11-6-4-3-5-7-11/h3-7,10H,8-9,15H2,1-2H3,(H,17,18)/t14-/m1/s1. The molecule has 0 radical (unpaired) electrons. The second-order valence-electron chi connectivity index (χ2n) is 4.96. The number of carboxylic acids is 1. The Morgan fingerprint density at radius 1 is 1.28 bits per heavy atom. The van der Waals surface area contributed by atoms with Gasteiger partial charge < -0.3 is 10.8 Å². The molecule has 0 fully saturated rings. The van der Waals surface area contributed by atoms with Crippen molar-refractivity contribution in [2.45, 2.75) is 32.2 Å². The second kappa shape index (κ2) is 5.78. The predicted octanol–water partition coefficient (Wildman–Crippen LogP) is 1.63. The molecule has 0 saturated carbocycles. The van der Waals surface area contributed by atoms with Gasteiger partial charge in [0.2, 0.25) is 0 Å². The van der Waals surface area contributed by atoms with Crippen LogP contribution in [0.15, 0.2) is 30.3 Å². The molecule has 4 nitrogen and oxygen atoms in total. The molecule has 98 valence electrons. The van der Waals surface area contributed by atoms with Crippen LogP contribution in [0.5, 0.6) is 0 Å². The third-order valence-corrected chi connectivity index (χ3v) is 2.82. The smallest absolute Gasteiger partial charge is 0.331 e.